The molecule has 22 heavy (non-hydrogen) atoms. The Bertz CT molecular complexity index is 723. The van der Waals surface area contributed by atoms with Crippen molar-refractivity contribution in [2.75, 3.05) is 5.32 Å². The van der Waals surface area contributed by atoms with E-state index in [1.165, 1.54) is 6.92 Å². The van der Waals surface area contributed by atoms with Crippen molar-refractivity contribution < 1.29 is 14.3 Å². The average molecular weight is 318 g/mol. The van der Waals surface area contributed by atoms with Crippen LogP contribution in [0.2, 0.25) is 5.02 Å². The molecular formula is C17H16ClNO3. The van der Waals surface area contributed by atoms with Crippen LogP contribution in [0.5, 0.6) is 5.75 Å². The van der Waals surface area contributed by atoms with Gasteiger partial charge in [0.1, 0.15) is 5.75 Å². The van der Waals surface area contributed by atoms with Gasteiger partial charge in [0.2, 0.25) is 0 Å². The van der Waals surface area contributed by atoms with Crippen molar-refractivity contribution in [1.29, 1.82) is 0 Å². The number of hydrogen-bond acceptors (Lipinski definition) is 3. The van der Waals surface area contributed by atoms with Crippen molar-refractivity contribution in [3.63, 3.8) is 0 Å². The van der Waals surface area contributed by atoms with E-state index in [4.69, 9.17) is 16.3 Å². The molecule has 0 unspecified atom stereocenters. The lowest BCUT2D eigenvalue weighted by Crippen LogP contribution is -2.16. The molecule has 4 nitrogen and oxygen atoms in total. The van der Waals surface area contributed by atoms with Crippen molar-refractivity contribution in [2.45, 2.75) is 20.8 Å². The molecule has 0 radical (unpaired) electrons. The van der Waals surface area contributed by atoms with Gasteiger partial charge >= 0.3 is 5.97 Å². The minimum Gasteiger partial charge on any atom is -0.426 e. The van der Waals surface area contributed by atoms with Gasteiger partial charge in [0.15, 0.2) is 0 Å². The molecular weight excluding hydrogens is 302 g/mol. The fourth-order valence-corrected chi connectivity index (χ4v) is 2.26. The van der Waals surface area contributed by atoms with Gasteiger partial charge in [0.05, 0.1) is 5.56 Å². The average Bonchev–Trinajstić information content (AvgIpc) is 2.43. The summed E-state index contributed by atoms with van der Waals surface area (Å²) in [6.45, 7) is 4.98. The molecule has 2 aromatic carbocycles. The van der Waals surface area contributed by atoms with Crippen LogP contribution in [0.1, 0.15) is 28.4 Å². The monoisotopic (exact) mass is 317 g/mol. The van der Waals surface area contributed by atoms with Crippen LogP contribution in [0.3, 0.4) is 0 Å². The zero-order valence-electron chi connectivity index (χ0n) is 12.6. The summed E-state index contributed by atoms with van der Waals surface area (Å²) in [5.41, 5.74) is 2.58. The molecule has 0 bridgehead atoms. The second kappa shape index (κ2) is 6.62. The van der Waals surface area contributed by atoms with Crippen LogP contribution in [-0.2, 0) is 4.79 Å². The third-order valence-corrected chi connectivity index (χ3v) is 3.26. The van der Waals surface area contributed by atoms with Crippen molar-refractivity contribution in [3.8, 4) is 5.75 Å². The van der Waals surface area contributed by atoms with Crippen LogP contribution >= 0.6 is 11.6 Å². The number of hydrogen-bond donors (Lipinski definition) is 1. The Balaban J connectivity index is 2.35. The van der Waals surface area contributed by atoms with Gasteiger partial charge in [-0.1, -0.05) is 17.7 Å². The van der Waals surface area contributed by atoms with E-state index in [-0.39, 0.29) is 11.7 Å². The Morgan fingerprint density at radius 3 is 2.32 bits per heavy atom. The van der Waals surface area contributed by atoms with Gasteiger partial charge < -0.3 is 10.1 Å². The van der Waals surface area contributed by atoms with E-state index in [9.17, 15) is 9.59 Å². The first-order chi connectivity index (χ1) is 10.4. The zero-order valence-corrected chi connectivity index (χ0v) is 13.3. The van der Waals surface area contributed by atoms with Gasteiger partial charge in [-0.3, -0.25) is 9.59 Å². The van der Waals surface area contributed by atoms with E-state index in [1.54, 1.807) is 37.3 Å². The summed E-state index contributed by atoms with van der Waals surface area (Å²) in [7, 11) is 0. The first kappa shape index (κ1) is 16.0. The minimum atomic E-state index is -0.465. The Labute approximate surface area is 134 Å². The molecule has 1 N–H and O–H groups in total. The predicted octanol–water partition coefficient (Wildman–Crippen LogP) is 4.13. The van der Waals surface area contributed by atoms with Crippen LogP contribution in [0, 0.1) is 13.8 Å². The maximum absolute atomic E-state index is 12.5. The number of aryl methyl sites for hydroxylation is 2. The second-order valence-corrected chi connectivity index (χ2v) is 5.45. The number of amides is 1. The molecule has 1 amide bonds. The maximum Gasteiger partial charge on any atom is 0.308 e. The second-order valence-electron chi connectivity index (χ2n) is 5.01. The lowest BCUT2D eigenvalue weighted by atomic mass is 10.0. The summed E-state index contributed by atoms with van der Waals surface area (Å²) in [5.74, 6) is -0.526. The molecule has 0 aliphatic rings. The highest BCUT2D eigenvalue weighted by atomic mass is 35.5. The highest BCUT2D eigenvalue weighted by Crippen LogP contribution is 2.27. The number of ether oxygens (including phenoxy) is 1. The number of benzene rings is 2. The third kappa shape index (κ3) is 3.86. The molecule has 0 fully saturated rings. The van der Waals surface area contributed by atoms with E-state index >= 15 is 0 Å². The van der Waals surface area contributed by atoms with Gasteiger partial charge in [0, 0.05) is 17.6 Å². The fourth-order valence-electron chi connectivity index (χ4n) is 2.13. The van der Waals surface area contributed by atoms with E-state index in [2.05, 4.69) is 5.32 Å². The van der Waals surface area contributed by atoms with Crippen molar-refractivity contribution in [1.82, 2.24) is 0 Å². The lowest BCUT2D eigenvalue weighted by Gasteiger charge is -2.13. The molecule has 0 atom stereocenters. The van der Waals surface area contributed by atoms with Crippen molar-refractivity contribution >= 4 is 29.2 Å². The van der Waals surface area contributed by atoms with Gasteiger partial charge in [-0.2, -0.15) is 0 Å². The van der Waals surface area contributed by atoms with E-state index in [0.29, 0.717) is 16.3 Å². The van der Waals surface area contributed by atoms with Gasteiger partial charge in [-0.15, -0.1) is 0 Å². The molecule has 0 aliphatic heterocycles. The molecule has 2 rings (SSSR count). The number of anilines is 1. The minimum absolute atomic E-state index is 0.282. The van der Waals surface area contributed by atoms with Gasteiger partial charge in [0.25, 0.3) is 5.91 Å². The number of esters is 1. The van der Waals surface area contributed by atoms with E-state index < -0.39 is 5.97 Å². The maximum atomic E-state index is 12.5. The summed E-state index contributed by atoms with van der Waals surface area (Å²) in [5, 5.41) is 3.35. The molecule has 114 valence electrons. The highest BCUT2D eigenvalue weighted by Gasteiger charge is 2.17. The normalized spacial score (nSPS) is 10.2. The van der Waals surface area contributed by atoms with Crippen LogP contribution in [0.4, 0.5) is 5.69 Å². The Morgan fingerprint density at radius 1 is 1.09 bits per heavy atom. The molecule has 5 heteroatoms. The van der Waals surface area contributed by atoms with Gasteiger partial charge in [-0.05, 0) is 55.3 Å². The molecule has 0 spiro atoms. The van der Waals surface area contributed by atoms with Gasteiger partial charge in [-0.25, -0.2) is 0 Å². The predicted molar refractivity (Wildman–Crippen MR) is 86.6 cm³/mol. The van der Waals surface area contributed by atoms with Crippen LogP contribution in [0.25, 0.3) is 0 Å². The standard InChI is InChI=1S/C17H16ClNO3/c1-10-8-11(2)16(22-12(3)20)15(9-10)17(21)19-14-6-4-13(18)5-7-14/h4-9H,1-3H3,(H,19,21). The quantitative estimate of drug-likeness (QED) is 0.684. The molecule has 0 saturated heterocycles. The van der Waals surface area contributed by atoms with Crippen molar-refractivity contribution in [2.24, 2.45) is 0 Å². The Hall–Kier alpha value is -2.33. The summed E-state index contributed by atoms with van der Waals surface area (Å²) in [6.07, 6.45) is 0. The number of carbonyl (C=O) groups excluding carboxylic acids is 2. The Kier molecular flexibility index (Phi) is 4.83. The summed E-state index contributed by atoms with van der Waals surface area (Å²) < 4.78 is 5.19. The zero-order chi connectivity index (χ0) is 16.3. The largest absolute Gasteiger partial charge is 0.426 e. The van der Waals surface area contributed by atoms with Crippen LogP contribution in [-0.4, -0.2) is 11.9 Å². The molecule has 0 aliphatic carbocycles. The summed E-state index contributed by atoms with van der Waals surface area (Å²) >= 11 is 5.82. The molecule has 0 heterocycles. The van der Waals surface area contributed by atoms with Crippen LogP contribution < -0.4 is 10.1 Å². The van der Waals surface area contributed by atoms with Crippen molar-refractivity contribution in [3.05, 3.63) is 58.1 Å². The smallest absolute Gasteiger partial charge is 0.308 e. The van der Waals surface area contributed by atoms with E-state index in [0.717, 1.165) is 11.1 Å². The number of halogens is 1. The molecule has 0 aromatic heterocycles. The topological polar surface area (TPSA) is 55.4 Å². The lowest BCUT2D eigenvalue weighted by molar-refractivity contribution is -0.131. The summed E-state index contributed by atoms with van der Waals surface area (Å²) in [6, 6.07) is 10.3. The number of nitrogens with one attached hydrogen (secondary N) is 1. The van der Waals surface area contributed by atoms with E-state index in [1.807, 2.05) is 13.0 Å². The highest BCUT2D eigenvalue weighted by molar-refractivity contribution is 6.30. The van der Waals surface area contributed by atoms with Crippen LogP contribution in [0.15, 0.2) is 36.4 Å². The fraction of sp³-hybridized carbons (Fsp3) is 0.176. The first-order valence-corrected chi connectivity index (χ1v) is 7.11. The summed E-state index contributed by atoms with van der Waals surface area (Å²) in [4.78, 5) is 23.7. The molecule has 0 saturated carbocycles. The first-order valence-electron chi connectivity index (χ1n) is 6.73. The molecule has 2 aromatic rings. The SMILES string of the molecule is CC(=O)Oc1c(C)cc(C)cc1C(=O)Nc1ccc(Cl)cc1. The number of carbonyl (C=O) groups is 2. The Morgan fingerprint density at radius 2 is 1.73 bits per heavy atom. The third-order valence-electron chi connectivity index (χ3n) is 3.01. The number of rotatable bonds is 3.